The van der Waals surface area contributed by atoms with Crippen molar-refractivity contribution in [3.8, 4) is 0 Å². The van der Waals surface area contributed by atoms with Crippen LogP contribution in [0, 0.1) is 18.3 Å². The third-order valence-electron chi connectivity index (χ3n) is 10.8. The SMILES string of the molecule is C=C(C1CCCCC1)N(CC12CCC(c3ccc(CC)c(C)c3)(CC1)CC2)c1cccc(/C(C=NC(C)C)=C/N)c1. The summed E-state index contributed by atoms with van der Waals surface area (Å²) in [5.41, 5.74) is 16.1. The van der Waals surface area contributed by atoms with Gasteiger partial charge in [-0.3, -0.25) is 4.99 Å². The highest BCUT2D eigenvalue weighted by Crippen LogP contribution is 2.58. The van der Waals surface area contributed by atoms with Crippen LogP contribution in [-0.4, -0.2) is 18.8 Å². The molecule has 2 bridgehead atoms. The van der Waals surface area contributed by atoms with E-state index in [1.54, 1.807) is 11.8 Å². The van der Waals surface area contributed by atoms with Gasteiger partial charge in [-0.1, -0.05) is 63.1 Å². The van der Waals surface area contributed by atoms with Crippen LogP contribution in [0.2, 0.25) is 0 Å². The Kier molecular flexibility index (Phi) is 9.12. The van der Waals surface area contributed by atoms with Gasteiger partial charge < -0.3 is 10.6 Å². The summed E-state index contributed by atoms with van der Waals surface area (Å²) in [7, 11) is 0. The van der Waals surface area contributed by atoms with E-state index in [2.05, 4.69) is 80.1 Å². The number of hydrogen-bond donors (Lipinski definition) is 1. The van der Waals surface area contributed by atoms with Crippen molar-refractivity contribution in [3.63, 3.8) is 0 Å². The number of benzene rings is 2. The van der Waals surface area contributed by atoms with Crippen LogP contribution in [0.5, 0.6) is 0 Å². The minimum absolute atomic E-state index is 0.244. The Morgan fingerprint density at radius 2 is 1.73 bits per heavy atom. The molecular weight excluding hydrogens is 498 g/mol. The van der Waals surface area contributed by atoms with Crippen molar-refractivity contribution in [2.75, 3.05) is 11.4 Å². The molecular formula is C38H53N3. The molecule has 4 fully saturated rings. The predicted octanol–water partition coefficient (Wildman–Crippen LogP) is 9.53. The van der Waals surface area contributed by atoms with Crippen molar-refractivity contribution in [2.24, 2.45) is 22.1 Å². The molecule has 0 aliphatic heterocycles. The van der Waals surface area contributed by atoms with E-state index in [0.717, 1.165) is 24.1 Å². The summed E-state index contributed by atoms with van der Waals surface area (Å²) in [5.74, 6) is 0.585. The van der Waals surface area contributed by atoms with E-state index in [0.29, 0.717) is 16.7 Å². The summed E-state index contributed by atoms with van der Waals surface area (Å²) in [4.78, 5) is 7.25. The topological polar surface area (TPSA) is 41.6 Å². The minimum atomic E-state index is 0.244. The molecule has 2 aromatic carbocycles. The standard InChI is InChI=1S/C38H53N3/c1-6-31-15-16-35(23-29(31)4)38-20-17-37(18-21-38,19-22-38)27-41(30(5)32-11-8-7-9-12-32)36-14-10-13-33(24-36)34(25-39)26-40-28(2)3/h10,13-16,23-26,28,32H,5-9,11-12,17-22,27,39H2,1-4H3/b34-25+,40-26?. The van der Waals surface area contributed by atoms with Gasteiger partial charge in [0, 0.05) is 42.0 Å². The van der Waals surface area contributed by atoms with Crippen LogP contribution < -0.4 is 10.6 Å². The van der Waals surface area contributed by atoms with E-state index in [1.807, 2.05) is 6.21 Å². The van der Waals surface area contributed by atoms with Gasteiger partial charge in [0.2, 0.25) is 0 Å². The third kappa shape index (κ3) is 6.35. The molecule has 4 aliphatic rings. The van der Waals surface area contributed by atoms with Gasteiger partial charge in [-0.15, -0.1) is 0 Å². The predicted molar refractivity (Wildman–Crippen MR) is 178 cm³/mol. The van der Waals surface area contributed by atoms with Crippen LogP contribution in [0.1, 0.15) is 114 Å². The highest BCUT2D eigenvalue weighted by Gasteiger charge is 2.50. The van der Waals surface area contributed by atoms with E-state index < -0.39 is 0 Å². The maximum atomic E-state index is 6.09. The van der Waals surface area contributed by atoms with Gasteiger partial charge in [0.15, 0.2) is 0 Å². The number of anilines is 1. The molecule has 41 heavy (non-hydrogen) atoms. The zero-order chi connectivity index (χ0) is 29.0. The Balaban J connectivity index is 1.41. The third-order valence-corrected chi connectivity index (χ3v) is 10.8. The van der Waals surface area contributed by atoms with Crippen molar-refractivity contribution in [3.05, 3.63) is 83.2 Å². The summed E-state index contributed by atoms with van der Waals surface area (Å²) in [6, 6.07) is 16.6. The zero-order valence-corrected chi connectivity index (χ0v) is 26.2. The van der Waals surface area contributed by atoms with Gasteiger partial charge in [0.05, 0.1) is 0 Å². The van der Waals surface area contributed by atoms with Crippen LogP contribution in [0.4, 0.5) is 5.69 Å². The Bertz CT molecular complexity index is 1250. The average molecular weight is 552 g/mol. The molecule has 6 rings (SSSR count). The number of nitrogens with two attached hydrogens (primary N) is 1. The summed E-state index contributed by atoms with van der Waals surface area (Å²) in [6.45, 7) is 14.6. The van der Waals surface area contributed by atoms with Crippen LogP contribution in [0.3, 0.4) is 0 Å². The fourth-order valence-electron chi connectivity index (χ4n) is 8.00. The molecule has 2 aromatic rings. The lowest BCUT2D eigenvalue weighted by Crippen LogP contribution is -2.49. The molecule has 0 spiro atoms. The summed E-state index contributed by atoms with van der Waals surface area (Å²) >= 11 is 0. The Hall–Kier alpha value is -2.81. The first-order valence-electron chi connectivity index (χ1n) is 16.4. The second-order valence-electron chi connectivity index (χ2n) is 13.7. The fraction of sp³-hybridized carbons (Fsp3) is 0.553. The summed E-state index contributed by atoms with van der Waals surface area (Å²) in [6.07, 6.45) is 19.2. The van der Waals surface area contributed by atoms with Crippen molar-refractivity contribution >= 4 is 17.5 Å². The van der Waals surface area contributed by atoms with Gasteiger partial charge in [-0.25, -0.2) is 0 Å². The van der Waals surface area contributed by atoms with E-state index in [4.69, 9.17) is 12.3 Å². The van der Waals surface area contributed by atoms with Gasteiger partial charge in [-0.05, 0) is 130 Å². The molecule has 0 aromatic heterocycles. The van der Waals surface area contributed by atoms with Crippen molar-refractivity contribution in [1.29, 1.82) is 0 Å². The van der Waals surface area contributed by atoms with Crippen molar-refractivity contribution in [1.82, 2.24) is 0 Å². The fourth-order valence-corrected chi connectivity index (χ4v) is 8.00. The lowest BCUT2D eigenvalue weighted by atomic mass is 9.51. The van der Waals surface area contributed by atoms with E-state index >= 15 is 0 Å². The van der Waals surface area contributed by atoms with Crippen LogP contribution >= 0.6 is 0 Å². The van der Waals surface area contributed by atoms with Crippen molar-refractivity contribution in [2.45, 2.75) is 116 Å². The molecule has 2 N–H and O–H groups in total. The first kappa shape index (κ1) is 29.7. The van der Waals surface area contributed by atoms with Gasteiger partial charge in [0.1, 0.15) is 0 Å². The number of aliphatic imine (C=N–C) groups is 1. The number of hydrogen-bond acceptors (Lipinski definition) is 3. The molecule has 0 amide bonds. The first-order chi connectivity index (χ1) is 19.8. The largest absolute Gasteiger partial charge is 0.404 e. The average Bonchev–Trinajstić information content (AvgIpc) is 3.01. The lowest BCUT2D eigenvalue weighted by molar-refractivity contribution is 0.0460. The molecule has 4 saturated carbocycles. The Morgan fingerprint density at radius 1 is 1.02 bits per heavy atom. The van der Waals surface area contributed by atoms with E-state index in [1.165, 1.54) is 93.1 Å². The second-order valence-corrected chi connectivity index (χ2v) is 13.7. The highest BCUT2D eigenvalue weighted by atomic mass is 15.2. The normalized spacial score (nSPS) is 25.2. The molecule has 220 valence electrons. The maximum Gasteiger partial charge on any atom is 0.0443 e. The number of allylic oxidation sites excluding steroid dienone is 2. The Labute approximate surface area is 250 Å². The van der Waals surface area contributed by atoms with Gasteiger partial charge in [0.25, 0.3) is 0 Å². The smallest absolute Gasteiger partial charge is 0.0443 e. The van der Waals surface area contributed by atoms with E-state index in [9.17, 15) is 0 Å². The molecule has 4 aliphatic carbocycles. The van der Waals surface area contributed by atoms with Crippen LogP contribution in [0.15, 0.2) is 65.9 Å². The van der Waals surface area contributed by atoms with Crippen LogP contribution in [0.25, 0.3) is 5.57 Å². The molecule has 0 radical (unpaired) electrons. The second kappa shape index (κ2) is 12.6. The van der Waals surface area contributed by atoms with Gasteiger partial charge >= 0.3 is 0 Å². The van der Waals surface area contributed by atoms with E-state index in [-0.39, 0.29) is 6.04 Å². The maximum absolute atomic E-state index is 6.09. The minimum Gasteiger partial charge on any atom is -0.404 e. The monoisotopic (exact) mass is 551 g/mol. The molecule has 0 unspecified atom stereocenters. The highest BCUT2D eigenvalue weighted by molar-refractivity contribution is 6.09. The number of fused-ring (bicyclic) bond motifs is 3. The number of aryl methyl sites for hydroxylation is 2. The number of nitrogens with zero attached hydrogens (tertiary/aromatic N) is 2. The molecule has 3 nitrogen and oxygen atoms in total. The zero-order valence-electron chi connectivity index (χ0n) is 26.2. The number of rotatable bonds is 10. The first-order valence-corrected chi connectivity index (χ1v) is 16.4. The summed E-state index contributed by atoms with van der Waals surface area (Å²) in [5, 5.41) is 0. The lowest BCUT2D eigenvalue weighted by Gasteiger charge is -2.55. The quantitative estimate of drug-likeness (QED) is 0.299. The van der Waals surface area contributed by atoms with Crippen LogP contribution in [-0.2, 0) is 11.8 Å². The Morgan fingerprint density at radius 3 is 2.34 bits per heavy atom. The van der Waals surface area contributed by atoms with Crippen molar-refractivity contribution < 1.29 is 0 Å². The molecule has 0 saturated heterocycles. The molecule has 3 heteroatoms. The molecule has 0 heterocycles. The summed E-state index contributed by atoms with van der Waals surface area (Å²) < 4.78 is 0. The molecule has 0 atom stereocenters. The van der Waals surface area contributed by atoms with Gasteiger partial charge in [-0.2, -0.15) is 0 Å².